The minimum atomic E-state index is 0.0324. The van der Waals surface area contributed by atoms with Gasteiger partial charge in [0.2, 0.25) is 5.91 Å². The van der Waals surface area contributed by atoms with Crippen molar-refractivity contribution in [1.82, 2.24) is 10.3 Å². The molecule has 0 saturated carbocycles. The second-order valence-corrected chi connectivity index (χ2v) is 5.53. The summed E-state index contributed by atoms with van der Waals surface area (Å²) in [5.74, 6) is 1.07. The lowest BCUT2D eigenvalue weighted by Gasteiger charge is -2.10. The number of para-hydroxylation sites is 1. The number of aromatic nitrogens is 1. The van der Waals surface area contributed by atoms with Crippen LogP contribution < -0.4 is 16.0 Å². The van der Waals surface area contributed by atoms with E-state index in [1.807, 2.05) is 42.5 Å². The lowest BCUT2D eigenvalue weighted by Crippen LogP contribution is -2.18. The van der Waals surface area contributed by atoms with E-state index in [2.05, 4.69) is 20.9 Å². The van der Waals surface area contributed by atoms with Crippen molar-refractivity contribution in [3.8, 4) is 0 Å². The van der Waals surface area contributed by atoms with Gasteiger partial charge in [0.25, 0.3) is 0 Å². The van der Waals surface area contributed by atoms with Crippen LogP contribution in [0.3, 0.4) is 0 Å². The molecular weight excluding hydrogens is 276 g/mol. The monoisotopic (exact) mass is 296 g/mol. The number of carbonyl (C=O) groups is 1. The van der Waals surface area contributed by atoms with Crippen LogP contribution in [-0.2, 0) is 4.79 Å². The van der Waals surface area contributed by atoms with Gasteiger partial charge in [0.1, 0.15) is 5.82 Å². The summed E-state index contributed by atoms with van der Waals surface area (Å²) in [7, 11) is 0. The van der Waals surface area contributed by atoms with Gasteiger partial charge in [-0.25, -0.2) is 4.98 Å². The number of anilines is 3. The summed E-state index contributed by atoms with van der Waals surface area (Å²) in [4.78, 5) is 16.2. The first-order valence-electron chi connectivity index (χ1n) is 7.58. The molecule has 1 aromatic carbocycles. The molecule has 0 unspecified atom stereocenters. The standard InChI is InChI=1S/C17H20N4O/c22-17(10-13-8-9-18-11-13)21-16-7-6-15(12-19-16)20-14-4-2-1-3-5-14/h1-7,12-13,18,20H,8-11H2,(H,19,21,22)/t13-/m0/s1. The van der Waals surface area contributed by atoms with Gasteiger partial charge in [-0.15, -0.1) is 0 Å². The van der Waals surface area contributed by atoms with Gasteiger partial charge in [-0.2, -0.15) is 0 Å². The van der Waals surface area contributed by atoms with E-state index in [4.69, 9.17) is 0 Å². The molecule has 1 aliphatic heterocycles. The maximum Gasteiger partial charge on any atom is 0.225 e. The zero-order valence-corrected chi connectivity index (χ0v) is 12.4. The lowest BCUT2D eigenvalue weighted by molar-refractivity contribution is -0.117. The number of nitrogens with one attached hydrogen (secondary N) is 3. The van der Waals surface area contributed by atoms with Crippen LogP contribution in [0.5, 0.6) is 0 Å². The number of rotatable bonds is 5. The van der Waals surface area contributed by atoms with Crippen LogP contribution in [0.2, 0.25) is 0 Å². The highest BCUT2D eigenvalue weighted by Gasteiger charge is 2.18. The van der Waals surface area contributed by atoms with Crippen molar-refractivity contribution in [3.63, 3.8) is 0 Å². The molecule has 114 valence electrons. The molecule has 22 heavy (non-hydrogen) atoms. The van der Waals surface area contributed by atoms with E-state index < -0.39 is 0 Å². The average molecular weight is 296 g/mol. The Kier molecular flexibility index (Phi) is 4.65. The van der Waals surface area contributed by atoms with Crippen LogP contribution in [-0.4, -0.2) is 24.0 Å². The second kappa shape index (κ2) is 7.04. The van der Waals surface area contributed by atoms with Crippen LogP contribution in [0.15, 0.2) is 48.7 Å². The Balaban J connectivity index is 1.53. The van der Waals surface area contributed by atoms with Crippen molar-refractivity contribution in [2.24, 2.45) is 5.92 Å². The summed E-state index contributed by atoms with van der Waals surface area (Å²) in [5.41, 5.74) is 1.90. The van der Waals surface area contributed by atoms with Gasteiger partial charge in [-0.1, -0.05) is 18.2 Å². The third-order valence-electron chi connectivity index (χ3n) is 3.73. The SMILES string of the molecule is O=C(C[C@@H]1CCNC1)Nc1ccc(Nc2ccccc2)cn1. The highest BCUT2D eigenvalue weighted by atomic mass is 16.1. The van der Waals surface area contributed by atoms with E-state index in [9.17, 15) is 4.79 Å². The van der Waals surface area contributed by atoms with Gasteiger partial charge in [0.15, 0.2) is 0 Å². The summed E-state index contributed by atoms with van der Waals surface area (Å²) < 4.78 is 0. The van der Waals surface area contributed by atoms with E-state index in [1.54, 1.807) is 6.20 Å². The van der Waals surface area contributed by atoms with Gasteiger partial charge < -0.3 is 16.0 Å². The predicted octanol–water partition coefficient (Wildman–Crippen LogP) is 2.76. The lowest BCUT2D eigenvalue weighted by atomic mass is 10.0. The quantitative estimate of drug-likeness (QED) is 0.794. The van der Waals surface area contributed by atoms with E-state index in [1.165, 1.54) is 0 Å². The second-order valence-electron chi connectivity index (χ2n) is 5.53. The molecule has 1 aliphatic rings. The van der Waals surface area contributed by atoms with E-state index in [-0.39, 0.29) is 5.91 Å². The molecule has 1 atom stereocenters. The molecular formula is C17H20N4O. The molecule has 0 bridgehead atoms. The average Bonchev–Trinajstić information content (AvgIpc) is 3.03. The fourth-order valence-corrected chi connectivity index (χ4v) is 2.57. The maximum absolute atomic E-state index is 11.9. The van der Waals surface area contributed by atoms with Gasteiger partial charge in [0, 0.05) is 12.1 Å². The van der Waals surface area contributed by atoms with Gasteiger partial charge in [-0.3, -0.25) is 4.79 Å². The Morgan fingerprint density at radius 1 is 1.18 bits per heavy atom. The van der Waals surface area contributed by atoms with Crippen LogP contribution in [0.25, 0.3) is 0 Å². The Labute approximate surface area is 130 Å². The highest BCUT2D eigenvalue weighted by Crippen LogP contribution is 2.17. The first-order valence-corrected chi connectivity index (χ1v) is 7.58. The molecule has 3 rings (SSSR count). The van der Waals surface area contributed by atoms with Crippen molar-refractivity contribution >= 4 is 23.1 Å². The Morgan fingerprint density at radius 3 is 2.73 bits per heavy atom. The Morgan fingerprint density at radius 2 is 2.05 bits per heavy atom. The third kappa shape index (κ3) is 4.05. The zero-order valence-electron chi connectivity index (χ0n) is 12.4. The topological polar surface area (TPSA) is 66.1 Å². The van der Waals surface area contributed by atoms with Crippen LogP contribution in [0.1, 0.15) is 12.8 Å². The summed E-state index contributed by atoms with van der Waals surface area (Å²) in [6, 6.07) is 13.6. The molecule has 2 heterocycles. The zero-order chi connectivity index (χ0) is 15.2. The van der Waals surface area contributed by atoms with Crippen LogP contribution in [0, 0.1) is 5.92 Å². The van der Waals surface area contributed by atoms with Crippen LogP contribution in [0.4, 0.5) is 17.2 Å². The van der Waals surface area contributed by atoms with Crippen molar-refractivity contribution in [2.45, 2.75) is 12.8 Å². The first kappa shape index (κ1) is 14.5. The van der Waals surface area contributed by atoms with E-state index in [0.29, 0.717) is 18.2 Å². The smallest absolute Gasteiger partial charge is 0.225 e. The molecule has 1 amide bonds. The van der Waals surface area contributed by atoms with Crippen molar-refractivity contribution < 1.29 is 4.79 Å². The summed E-state index contributed by atoms with van der Waals surface area (Å²) >= 11 is 0. The van der Waals surface area contributed by atoms with Crippen LogP contribution >= 0.6 is 0 Å². The molecule has 0 radical (unpaired) electrons. The fourth-order valence-electron chi connectivity index (χ4n) is 2.57. The number of nitrogens with zero attached hydrogens (tertiary/aromatic N) is 1. The van der Waals surface area contributed by atoms with Gasteiger partial charge >= 0.3 is 0 Å². The minimum absolute atomic E-state index is 0.0324. The van der Waals surface area contributed by atoms with E-state index >= 15 is 0 Å². The number of pyridine rings is 1. The molecule has 1 aromatic heterocycles. The molecule has 1 fully saturated rings. The molecule has 0 spiro atoms. The fraction of sp³-hybridized carbons (Fsp3) is 0.294. The summed E-state index contributed by atoms with van der Waals surface area (Å²) in [6.45, 7) is 1.94. The van der Waals surface area contributed by atoms with Crippen molar-refractivity contribution in [3.05, 3.63) is 48.7 Å². The molecule has 3 N–H and O–H groups in total. The molecule has 1 saturated heterocycles. The Hall–Kier alpha value is -2.40. The van der Waals surface area contributed by atoms with Crippen molar-refractivity contribution in [2.75, 3.05) is 23.7 Å². The highest BCUT2D eigenvalue weighted by molar-refractivity contribution is 5.90. The van der Waals surface area contributed by atoms with E-state index in [0.717, 1.165) is 30.9 Å². The Bertz CT molecular complexity index is 606. The molecule has 5 nitrogen and oxygen atoms in total. The number of hydrogen-bond acceptors (Lipinski definition) is 4. The van der Waals surface area contributed by atoms with Crippen molar-refractivity contribution in [1.29, 1.82) is 0 Å². The largest absolute Gasteiger partial charge is 0.354 e. The first-order chi connectivity index (χ1) is 10.8. The predicted molar refractivity (Wildman–Crippen MR) is 88.2 cm³/mol. The number of benzene rings is 1. The molecule has 5 heteroatoms. The molecule has 0 aliphatic carbocycles. The summed E-state index contributed by atoms with van der Waals surface area (Å²) in [6.07, 6.45) is 3.35. The number of hydrogen-bond donors (Lipinski definition) is 3. The number of amides is 1. The maximum atomic E-state index is 11.9. The van der Waals surface area contributed by atoms with Gasteiger partial charge in [0.05, 0.1) is 11.9 Å². The number of carbonyl (C=O) groups excluding carboxylic acids is 1. The summed E-state index contributed by atoms with van der Waals surface area (Å²) in [5, 5.41) is 9.38. The van der Waals surface area contributed by atoms with Gasteiger partial charge in [-0.05, 0) is 49.7 Å². The molecule has 2 aromatic rings. The minimum Gasteiger partial charge on any atom is -0.354 e. The normalized spacial score (nSPS) is 17.2. The third-order valence-corrected chi connectivity index (χ3v) is 3.73.